The number of para-hydroxylation sites is 1. The fourth-order valence-corrected chi connectivity index (χ4v) is 2.99. The van der Waals surface area contributed by atoms with Crippen LogP contribution in [0, 0.1) is 6.92 Å². The first-order chi connectivity index (χ1) is 10.2. The molecule has 21 heavy (non-hydrogen) atoms. The summed E-state index contributed by atoms with van der Waals surface area (Å²) in [5.41, 5.74) is 3.63. The summed E-state index contributed by atoms with van der Waals surface area (Å²) in [5, 5.41) is 1.48. The molecule has 106 valence electrons. The van der Waals surface area contributed by atoms with Gasteiger partial charge in [0.05, 0.1) is 24.5 Å². The summed E-state index contributed by atoms with van der Waals surface area (Å²) in [5.74, 6) is 1.43. The van der Waals surface area contributed by atoms with E-state index in [2.05, 4.69) is 4.98 Å². The van der Waals surface area contributed by atoms with Gasteiger partial charge in [0.1, 0.15) is 16.5 Å². The van der Waals surface area contributed by atoms with E-state index in [9.17, 15) is 0 Å². The molecular weight excluding hydrogens is 288 g/mol. The van der Waals surface area contributed by atoms with Crippen LogP contribution in [0.4, 0.5) is 0 Å². The quantitative estimate of drug-likeness (QED) is 0.639. The molecule has 0 saturated carbocycles. The van der Waals surface area contributed by atoms with Crippen molar-refractivity contribution >= 4 is 22.6 Å². The number of halogens is 1. The zero-order valence-electron chi connectivity index (χ0n) is 11.5. The zero-order valence-corrected chi connectivity index (χ0v) is 12.3. The molecule has 0 unspecified atom stereocenters. The summed E-state index contributed by atoms with van der Waals surface area (Å²) < 4.78 is 11.2. The standard InChI is InChI=1S/C16H13ClN2O2/c1-9-14(10-4-2-3-5-13(10)21-9)16-18-12-6-7-20-8-11(12)15(17)19-16/h2-5H,6-8H2,1H3. The van der Waals surface area contributed by atoms with Crippen LogP contribution in [0.25, 0.3) is 22.4 Å². The second-order valence-corrected chi connectivity index (χ2v) is 5.45. The van der Waals surface area contributed by atoms with Crippen LogP contribution in [0.15, 0.2) is 28.7 Å². The monoisotopic (exact) mass is 300 g/mol. The van der Waals surface area contributed by atoms with Crippen molar-refractivity contribution in [2.24, 2.45) is 0 Å². The van der Waals surface area contributed by atoms with E-state index >= 15 is 0 Å². The second-order valence-electron chi connectivity index (χ2n) is 5.10. The first-order valence-corrected chi connectivity index (χ1v) is 7.23. The van der Waals surface area contributed by atoms with E-state index < -0.39 is 0 Å². The van der Waals surface area contributed by atoms with E-state index in [0.29, 0.717) is 24.2 Å². The van der Waals surface area contributed by atoms with Crippen molar-refractivity contribution in [3.8, 4) is 11.4 Å². The normalized spacial score (nSPS) is 14.4. The van der Waals surface area contributed by atoms with Crippen molar-refractivity contribution in [3.05, 3.63) is 46.4 Å². The fraction of sp³-hybridized carbons (Fsp3) is 0.250. The minimum Gasteiger partial charge on any atom is -0.461 e. The maximum absolute atomic E-state index is 6.31. The van der Waals surface area contributed by atoms with Crippen molar-refractivity contribution in [1.29, 1.82) is 0 Å². The summed E-state index contributed by atoms with van der Waals surface area (Å²) in [7, 11) is 0. The predicted molar refractivity (Wildman–Crippen MR) is 80.3 cm³/mol. The van der Waals surface area contributed by atoms with Gasteiger partial charge in [0.2, 0.25) is 0 Å². The van der Waals surface area contributed by atoms with Gasteiger partial charge in [-0.05, 0) is 13.0 Å². The third kappa shape index (κ3) is 2.03. The number of nitrogens with zero attached hydrogens (tertiary/aromatic N) is 2. The number of aryl methyl sites for hydroxylation is 1. The van der Waals surface area contributed by atoms with Gasteiger partial charge in [-0.25, -0.2) is 9.97 Å². The van der Waals surface area contributed by atoms with Crippen LogP contribution in [0.3, 0.4) is 0 Å². The molecule has 0 atom stereocenters. The maximum Gasteiger partial charge on any atom is 0.165 e. The lowest BCUT2D eigenvalue weighted by Crippen LogP contribution is -2.14. The van der Waals surface area contributed by atoms with Gasteiger partial charge in [-0.1, -0.05) is 29.8 Å². The highest BCUT2D eigenvalue weighted by atomic mass is 35.5. The molecule has 0 radical (unpaired) electrons. The first-order valence-electron chi connectivity index (χ1n) is 6.85. The highest BCUT2D eigenvalue weighted by Gasteiger charge is 2.21. The summed E-state index contributed by atoms with van der Waals surface area (Å²) in [6.45, 7) is 3.08. The van der Waals surface area contributed by atoms with Gasteiger partial charge < -0.3 is 9.15 Å². The Morgan fingerprint density at radius 1 is 1.19 bits per heavy atom. The third-order valence-electron chi connectivity index (χ3n) is 3.77. The van der Waals surface area contributed by atoms with Crippen LogP contribution < -0.4 is 0 Å². The van der Waals surface area contributed by atoms with Crippen LogP contribution in [0.1, 0.15) is 17.0 Å². The van der Waals surface area contributed by atoms with Gasteiger partial charge in [0.15, 0.2) is 5.82 Å². The molecular formula is C16H13ClN2O2. The maximum atomic E-state index is 6.31. The van der Waals surface area contributed by atoms with Crippen molar-refractivity contribution in [2.45, 2.75) is 20.0 Å². The molecule has 2 aromatic heterocycles. The van der Waals surface area contributed by atoms with Gasteiger partial charge >= 0.3 is 0 Å². The SMILES string of the molecule is Cc1oc2ccccc2c1-c1nc(Cl)c2c(n1)CCOC2. The molecule has 0 fully saturated rings. The van der Waals surface area contributed by atoms with Gasteiger partial charge in [0, 0.05) is 17.4 Å². The van der Waals surface area contributed by atoms with E-state index in [4.69, 9.17) is 25.7 Å². The first kappa shape index (κ1) is 12.8. The third-order valence-corrected chi connectivity index (χ3v) is 4.08. The largest absolute Gasteiger partial charge is 0.461 e. The molecule has 0 saturated heterocycles. The number of benzene rings is 1. The highest BCUT2D eigenvalue weighted by molar-refractivity contribution is 6.30. The van der Waals surface area contributed by atoms with Crippen LogP contribution in [0.2, 0.25) is 5.15 Å². The zero-order chi connectivity index (χ0) is 14.4. The van der Waals surface area contributed by atoms with E-state index in [-0.39, 0.29) is 0 Å². The summed E-state index contributed by atoms with van der Waals surface area (Å²) >= 11 is 6.31. The van der Waals surface area contributed by atoms with Crippen molar-refractivity contribution in [1.82, 2.24) is 9.97 Å². The van der Waals surface area contributed by atoms with Crippen LogP contribution in [0.5, 0.6) is 0 Å². The molecule has 4 rings (SSSR count). The van der Waals surface area contributed by atoms with Crippen LogP contribution >= 0.6 is 11.6 Å². The highest BCUT2D eigenvalue weighted by Crippen LogP contribution is 2.34. The number of hydrogen-bond acceptors (Lipinski definition) is 4. The van der Waals surface area contributed by atoms with Crippen LogP contribution in [-0.4, -0.2) is 16.6 Å². The molecule has 1 aromatic carbocycles. The van der Waals surface area contributed by atoms with E-state index in [1.54, 1.807) is 0 Å². The molecule has 0 bridgehead atoms. The van der Waals surface area contributed by atoms with Crippen LogP contribution in [-0.2, 0) is 17.8 Å². The molecule has 0 aliphatic carbocycles. The van der Waals surface area contributed by atoms with Gasteiger partial charge in [0.25, 0.3) is 0 Å². The summed E-state index contributed by atoms with van der Waals surface area (Å²) in [6.07, 6.45) is 0.763. The number of ether oxygens (including phenoxy) is 1. The Hall–Kier alpha value is -1.91. The Morgan fingerprint density at radius 3 is 2.95 bits per heavy atom. The average Bonchev–Trinajstić information content (AvgIpc) is 2.83. The smallest absolute Gasteiger partial charge is 0.165 e. The Morgan fingerprint density at radius 2 is 2.05 bits per heavy atom. The number of aromatic nitrogens is 2. The molecule has 0 spiro atoms. The molecule has 0 amide bonds. The summed E-state index contributed by atoms with van der Waals surface area (Å²) in [6, 6.07) is 7.89. The Balaban J connectivity index is 1.97. The average molecular weight is 301 g/mol. The van der Waals surface area contributed by atoms with E-state index in [1.807, 2.05) is 31.2 Å². The van der Waals surface area contributed by atoms with Crippen molar-refractivity contribution in [2.75, 3.05) is 6.61 Å². The molecule has 4 nitrogen and oxygen atoms in total. The van der Waals surface area contributed by atoms with Crippen molar-refractivity contribution in [3.63, 3.8) is 0 Å². The lowest BCUT2D eigenvalue weighted by Gasteiger charge is -2.17. The van der Waals surface area contributed by atoms with E-state index in [1.165, 1.54) is 0 Å². The molecule has 5 heteroatoms. The van der Waals surface area contributed by atoms with E-state index in [0.717, 1.165) is 40.0 Å². The number of fused-ring (bicyclic) bond motifs is 2. The second kappa shape index (κ2) is 4.83. The molecule has 1 aliphatic heterocycles. The topological polar surface area (TPSA) is 48.2 Å². The predicted octanol–water partition coefficient (Wildman–Crippen LogP) is 3.92. The molecule has 0 N–H and O–H groups in total. The molecule has 3 aromatic rings. The van der Waals surface area contributed by atoms with Gasteiger partial charge in [-0.2, -0.15) is 0 Å². The lowest BCUT2D eigenvalue weighted by atomic mass is 10.1. The minimum absolute atomic E-state index is 0.472. The number of furan rings is 1. The van der Waals surface area contributed by atoms with Gasteiger partial charge in [-0.15, -0.1) is 0 Å². The Labute approximate surface area is 126 Å². The fourth-order valence-electron chi connectivity index (χ4n) is 2.75. The Kier molecular flexibility index (Phi) is 2.94. The number of rotatable bonds is 1. The van der Waals surface area contributed by atoms with Crippen molar-refractivity contribution < 1.29 is 9.15 Å². The lowest BCUT2D eigenvalue weighted by molar-refractivity contribution is 0.109. The number of hydrogen-bond donors (Lipinski definition) is 0. The summed E-state index contributed by atoms with van der Waals surface area (Å²) in [4.78, 5) is 9.15. The Bertz CT molecular complexity index is 842. The molecule has 3 heterocycles. The van der Waals surface area contributed by atoms with Gasteiger partial charge in [-0.3, -0.25) is 0 Å². The molecule has 1 aliphatic rings. The minimum atomic E-state index is 0.472.